The van der Waals surface area contributed by atoms with Gasteiger partial charge in [-0.3, -0.25) is 14.9 Å². The lowest BCUT2D eigenvalue weighted by molar-refractivity contribution is -0.385. The molecule has 2 rings (SSSR count). The molecule has 5 heteroatoms. The highest BCUT2D eigenvalue weighted by Gasteiger charge is 2.19. The molecule has 0 aliphatic heterocycles. The van der Waals surface area contributed by atoms with Crippen LogP contribution in [0.5, 0.6) is 0 Å². The van der Waals surface area contributed by atoms with E-state index in [1.807, 2.05) is 19.1 Å². The van der Waals surface area contributed by atoms with Gasteiger partial charge in [0, 0.05) is 6.07 Å². The number of benzene rings is 2. The molecule has 0 bridgehead atoms. The summed E-state index contributed by atoms with van der Waals surface area (Å²) in [5.74, 6) is 0.0652. The Kier molecular flexibility index (Phi) is 5.91. The molecule has 0 saturated carbocycles. The van der Waals surface area contributed by atoms with Gasteiger partial charge < -0.3 is 5.32 Å². The Balaban J connectivity index is 2.13. The van der Waals surface area contributed by atoms with Gasteiger partial charge in [0.15, 0.2) is 0 Å². The summed E-state index contributed by atoms with van der Waals surface area (Å²) in [6.45, 7) is 7.81. The second-order valence-electron chi connectivity index (χ2n) is 6.76. The van der Waals surface area contributed by atoms with Crippen LogP contribution in [0.3, 0.4) is 0 Å². The van der Waals surface area contributed by atoms with E-state index in [9.17, 15) is 14.9 Å². The van der Waals surface area contributed by atoms with Crippen LogP contribution in [0.15, 0.2) is 42.5 Å². The number of anilines is 1. The van der Waals surface area contributed by atoms with E-state index in [0.717, 1.165) is 12.0 Å². The van der Waals surface area contributed by atoms with E-state index in [2.05, 4.69) is 31.3 Å². The van der Waals surface area contributed by atoms with Crippen LogP contribution in [0.1, 0.15) is 43.4 Å². The largest absolute Gasteiger partial charge is 0.325 e. The van der Waals surface area contributed by atoms with Crippen LogP contribution in [0.25, 0.3) is 0 Å². The van der Waals surface area contributed by atoms with Crippen molar-refractivity contribution in [2.24, 2.45) is 5.92 Å². The van der Waals surface area contributed by atoms with Gasteiger partial charge >= 0.3 is 0 Å². The average Bonchev–Trinajstić information content (AvgIpc) is 2.56. The number of hydrogen-bond acceptors (Lipinski definition) is 3. The van der Waals surface area contributed by atoms with E-state index < -0.39 is 4.92 Å². The monoisotopic (exact) mass is 340 g/mol. The average molecular weight is 340 g/mol. The second kappa shape index (κ2) is 7.92. The van der Waals surface area contributed by atoms with E-state index in [1.54, 1.807) is 19.1 Å². The van der Waals surface area contributed by atoms with Crippen LogP contribution < -0.4 is 5.32 Å². The van der Waals surface area contributed by atoms with E-state index in [1.165, 1.54) is 11.6 Å². The zero-order valence-corrected chi connectivity index (χ0v) is 15.1. The first-order chi connectivity index (χ1) is 11.8. The number of rotatable bonds is 6. The third-order valence-corrected chi connectivity index (χ3v) is 4.28. The SMILES string of the molecule is Cc1c(NC(=O)C(C)c2ccc(CC(C)C)cc2)cccc1[N+](=O)[O-]. The summed E-state index contributed by atoms with van der Waals surface area (Å²) in [5, 5.41) is 13.8. The van der Waals surface area contributed by atoms with Gasteiger partial charge in [-0.1, -0.05) is 44.2 Å². The van der Waals surface area contributed by atoms with Crippen LogP contribution in [-0.4, -0.2) is 10.8 Å². The number of nitrogens with zero attached hydrogens (tertiary/aromatic N) is 1. The van der Waals surface area contributed by atoms with Crippen LogP contribution >= 0.6 is 0 Å². The number of amides is 1. The maximum Gasteiger partial charge on any atom is 0.274 e. The second-order valence-corrected chi connectivity index (χ2v) is 6.76. The van der Waals surface area contributed by atoms with Crippen LogP contribution in [0.4, 0.5) is 11.4 Å². The highest BCUT2D eigenvalue weighted by atomic mass is 16.6. The maximum atomic E-state index is 12.5. The summed E-state index contributed by atoms with van der Waals surface area (Å²) in [6.07, 6.45) is 1.01. The van der Waals surface area contributed by atoms with Crippen molar-refractivity contribution in [3.63, 3.8) is 0 Å². The van der Waals surface area contributed by atoms with Gasteiger partial charge in [0.05, 0.1) is 22.1 Å². The smallest absolute Gasteiger partial charge is 0.274 e. The topological polar surface area (TPSA) is 72.2 Å². The third-order valence-electron chi connectivity index (χ3n) is 4.28. The Morgan fingerprint density at radius 3 is 2.32 bits per heavy atom. The third kappa shape index (κ3) is 4.66. The lowest BCUT2D eigenvalue weighted by Crippen LogP contribution is -2.19. The molecule has 25 heavy (non-hydrogen) atoms. The van der Waals surface area contributed by atoms with Gasteiger partial charge in [0.1, 0.15) is 0 Å². The van der Waals surface area contributed by atoms with Crippen molar-refractivity contribution in [1.82, 2.24) is 0 Å². The molecule has 132 valence electrons. The summed E-state index contributed by atoms with van der Waals surface area (Å²) in [7, 11) is 0. The number of carbonyl (C=O) groups is 1. The molecular formula is C20H24N2O3. The van der Waals surface area contributed by atoms with Crippen molar-refractivity contribution in [1.29, 1.82) is 0 Å². The molecule has 5 nitrogen and oxygen atoms in total. The molecule has 1 atom stereocenters. The number of nitro groups is 1. The molecule has 0 saturated heterocycles. The molecule has 0 fully saturated rings. The Bertz CT molecular complexity index is 767. The van der Waals surface area contributed by atoms with Gasteiger partial charge in [-0.15, -0.1) is 0 Å². The molecule has 1 N–H and O–H groups in total. The Labute approximate surface area is 148 Å². The number of carbonyl (C=O) groups excluding carboxylic acids is 1. The fourth-order valence-electron chi connectivity index (χ4n) is 2.76. The van der Waals surface area contributed by atoms with Crippen LogP contribution in [-0.2, 0) is 11.2 Å². The zero-order chi connectivity index (χ0) is 18.6. The molecule has 2 aromatic carbocycles. The van der Waals surface area contributed by atoms with Crippen LogP contribution in [0, 0.1) is 23.0 Å². The fourth-order valence-corrected chi connectivity index (χ4v) is 2.76. The van der Waals surface area contributed by atoms with Gasteiger partial charge in [-0.2, -0.15) is 0 Å². The standard InChI is InChI=1S/C20H24N2O3/c1-13(2)12-16-8-10-17(11-9-16)14(3)20(23)21-18-6-5-7-19(15(18)4)22(24)25/h5-11,13-14H,12H2,1-4H3,(H,21,23). The predicted octanol–water partition coefficient (Wildman–Crippen LogP) is 4.84. The van der Waals surface area contributed by atoms with Crippen molar-refractivity contribution in [3.05, 3.63) is 69.3 Å². The molecule has 1 amide bonds. The minimum absolute atomic E-state index is 0.00323. The van der Waals surface area contributed by atoms with Crippen molar-refractivity contribution < 1.29 is 9.72 Å². The number of nitro benzene ring substituents is 1. The van der Waals surface area contributed by atoms with Gasteiger partial charge in [0.25, 0.3) is 5.69 Å². The minimum atomic E-state index is -0.443. The zero-order valence-electron chi connectivity index (χ0n) is 15.1. The molecule has 0 aromatic heterocycles. The summed E-state index contributed by atoms with van der Waals surface area (Å²) in [5.41, 5.74) is 3.11. The Morgan fingerprint density at radius 2 is 1.76 bits per heavy atom. The lowest BCUT2D eigenvalue weighted by atomic mass is 9.96. The Morgan fingerprint density at radius 1 is 1.12 bits per heavy atom. The van der Waals surface area contributed by atoms with E-state index >= 15 is 0 Å². The molecule has 1 unspecified atom stereocenters. The molecule has 0 aliphatic rings. The van der Waals surface area contributed by atoms with E-state index in [4.69, 9.17) is 0 Å². The van der Waals surface area contributed by atoms with Gasteiger partial charge in [-0.05, 0) is 43.4 Å². The normalized spacial score (nSPS) is 12.0. The summed E-state index contributed by atoms with van der Waals surface area (Å²) in [6, 6.07) is 12.7. The first kappa shape index (κ1) is 18.6. The maximum absolute atomic E-state index is 12.5. The molecule has 0 radical (unpaired) electrons. The predicted molar refractivity (Wildman–Crippen MR) is 99.9 cm³/mol. The molecule has 0 spiro atoms. The summed E-state index contributed by atoms with van der Waals surface area (Å²) in [4.78, 5) is 23.1. The molecule has 0 heterocycles. The molecule has 2 aromatic rings. The van der Waals surface area contributed by atoms with Crippen molar-refractivity contribution in [2.75, 3.05) is 5.32 Å². The quantitative estimate of drug-likeness (QED) is 0.604. The number of nitrogens with one attached hydrogen (secondary N) is 1. The molecular weight excluding hydrogens is 316 g/mol. The van der Waals surface area contributed by atoms with E-state index in [0.29, 0.717) is 17.2 Å². The van der Waals surface area contributed by atoms with Crippen molar-refractivity contribution >= 4 is 17.3 Å². The van der Waals surface area contributed by atoms with E-state index in [-0.39, 0.29) is 17.5 Å². The molecule has 0 aliphatic carbocycles. The summed E-state index contributed by atoms with van der Waals surface area (Å²) >= 11 is 0. The fraction of sp³-hybridized carbons (Fsp3) is 0.350. The number of hydrogen-bond donors (Lipinski definition) is 1. The first-order valence-corrected chi connectivity index (χ1v) is 8.43. The highest BCUT2D eigenvalue weighted by Crippen LogP contribution is 2.26. The summed E-state index contributed by atoms with van der Waals surface area (Å²) < 4.78 is 0. The first-order valence-electron chi connectivity index (χ1n) is 8.43. The van der Waals surface area contributed by atoms with Gasteiger partial charge in [0.2, 0.25) is 5.91 Å². The van der Waals surface area contributed by atoms with Crippen molar-refractivity contribution in [2.45, 2.75) is 40.0 Å². The highest BCUT2D eigenvalue weighted by molar-refractivity contribution is 5.96. The van der Waals surface area contributed by atoms with Gasteiger partial charge in [-0.25, -0.2) is 0 Å². The lowest BCUT2D eigenvalue weighted by Gasteiger charge is -2.15. The Hall–Kier alpha value is -2.69. The minimum Gasteiger partial charge on any atom is -0.325 e. The van der Waals surface area contributed by atoms with Crippen molar-refractivity contribution in [3.8, 4) is 0 Å². The van der Waals surface area contributed by atoms with Crippen LogP contribution in [0.2, 0.25) is 0 Å².